The van der Waals surface area contributed by atoms with E-state index in [4.69, 9.17) is 33.2 Å². The third kappa shape index (κ3) is 12.0. The van der Waals surface area contributed by atoms with Gasteiger partial charge in [0.25, 0.3) is 0 Å². The van der Waals surface area contributed by atoms with E-state index in [2.05, 4.69) is 39.5 Å². The smallest absolute Gasteiger partial charge is 0.385 e. The Labute approximate surface area is 212 Å². The van der Waals surface area contributed by atoms with Crippen LogP contribution < -0.4 is 0 Å². The van der Waals surface area contributed by atoms with Gasteiger partial charge >= 0.3 is 47.8 Å². The van der Waals surface area contributed by atoms with Gasteiger partial charge < -0.3 is 33.2 Å². The summed E-state index contributed by atoms with van der Waals surface area (Å²) in [5.41, 5.74) is 0. The summed E-state index contributed by atoms with van der Waals surface area (Å²) in [6, 6.07) is 0. The Morgan fingerprint density at radius 3 is 0.784 bits per heavy atom. The Morgan fingerprint density at radius 1 is 0.432 bits per heavy atom. The van der Waals surface area contributed by atoms with E-state index < -0.39 is 73.8 Å². The van der Waals surface area contributed by atoms with E-state index in [1.807, 2.05) is 0 Å². The van der Waals surface area contributed by atoms with Gasteiger partial charge in [-0.05, 0) is 0 Å². The average Bonchev–Trinajstić information content (AvgIpc) is 2.87. The standard InChI is InChI=1S/C24H26O13/c1-7-17(25)32-23(33-18(26)8-2,34-19(27)9-3)13-15-31-16-14-24(35-20(28)10-4,36-21(29)11-5)37-22(30)12-6/h7-12H,1-6,13-16H2. The molecule has 0 radical (unpaired) electrons. The second-order valence-corrected chi connectivity index (χ2v) is 6.23. The maximum atomic E-state index is 11.8. The maximum absolute atomic E-state index is 11.8. The SMILES string of the molecule is C=CC(=O)OC(CCOCCC(OC(=O)C=C)(OC(=O)C=C)OC(=O)C=C)(OC(=O)C=C)OC(=O)C=C. The molecule has 0 bridgehead atoms. The van der Waals surface area contributed by atoms with Crippen molar-refractivity contribution in [1.82, 2.24) is 0 Å². The van der Waals surface area contributed by atoms with Crippen LogP contribution in [-0.2, 0) is 61.9 Å². The molecular weight excluding hydrogens is 496 g/mol. The van der Waals surface area contributed by atoms with E-state index >= 15 is 0 Å². The summed E-state index contributed by atoms with van der Waals surface area (Å²) in [5.74, 6) is -12.0. The van der Waals surface area contributed by atoms with Gasteiger partial charge in [0.05, 0.1) is 26.1 Å². The molecule has 0 aromatic heterocycles. The zero-order valence-corrected chi connectivity index (χ0v) is 19.8. The molecule has 0 amide bonds. The van der Waals surface area contributed by atoms with Gasteiger partial charge in [0, 0.05) is 36.5 Å². The first-order chi connectivity index (χ1) is 17.4. The Morgan fingerprint density at radius 2 is 0.622 bits per heavy atom. The van der Waals surface area contributed by atoms with Crippen LogP contribution in [0.5, 0.6) is 0 Å². The first kappa shape index (κ1) is 32.2. The molecule has 0 atom stereocenters. The molecule has 0 aliphatic heterocycles. The highest BCUT2D eigenvalue weighted by Crippen LogP contribution is 2.25. The molecule has 13 nitrogen and oxygen atoms in total. The van der Waals surface area contributed by atoms with Crippen LogP contribution in [0.4, 0.5) is 0 Å². The lowest BCUT2D eigenvalue weighted by molar-refractivity contribution is -0.332. The molecule has 200 valence electrons. The van der Waals surface area contributed by atoms with Crippen LogP contribution in [0.2, 0.25) is 0 Å². The van der Waals surface area contributed by atoms with Gasteiger partial charge in [-0.3, -0.25) is 0 Å². The van der Waals surface area contributed by atoms with E-state index in [1.165, 1.54) is 0 Å². The summed E-state index contributed by atoms with van der Waals surface area (Å²) in [4.78, 5) is 70.8. The monoisotopic (exact) mass is 522 g/mol. The molecule has 0 aromatic rings. The van der Waals surface area contributed by atoms with Crippen molar-refractivity contribution in [2.75, 3.05) is 13.2 Å². The summed E-state index contributed by atoms with van der Waals surface area (Å²) in [6.45, 7) is 18.3. The number of hydrogen-bond acceptors (Lipinski definition) is 13. The Bertz CT molecular complexity index is 774. The van der Waals surface area contributed by atoms with Gasteiger partial charge in [-0.2, -0.15) is 0 Å². The summed E-state index contributed by atoms with van der Waals surface area (Å²) in [5, 5.41) is 0. The van der Waals surface area contributed by atoms with Crippen LogP contribution >= 0.6 is 0 Å². The van der Waals surface area contributed by atoms with Crippen molar-refractivity contribution >= 4 is 35.8 Å². The Hall–Kier alpha value is -4.78. The van der Waals surface area contributed by atoms with Crippen LogP contribution in [0.1, 0.15) is 12.8 Å². The molecule has 0 aliphatic rings. The molecule has 0 N–H and O–H groups in total. The molecule has 0 aliphatic carbocycles. The summed E-state index contributed by atoms with van der Waals surface area (Å²) >= 11 is 0. The quantitative estimate of drug-likeness (QED) is 0.110. The normalized spacial score (nSPS) is 10.4. The summed E-state index contributed by atoms with van der Waals surface area (Å²) in [7, 11) is 0. The van der Waals surface area contributed by atoms with E-state index in [0.717, 1.165) is 0 Å². The second kappa shape index (κ2) is 16.0. The maximum Gasteiger partial charge on any atom is 0.426 e. The lowest BCUT2D eigenvalue weighted by atomic mass is 10.3. The molecule has 0 aromatic carbocycles. The number of hydrogen-bond donors (Lipinski definition) is 0. The fourth-order valence-electron chi connectivity index (χ4n) is 2.10. The molecule has 0 fully saturated rings. The second-order valence-electron chi connectivity index (χ2n) is 6.23. The molecule has 0 saturated carbocycles. The first-order valence-electron chi connectivity index (χ1n) is 10.1. The number of carbonyl (C=O) groups is 6. The Kier molecular flexibility index (Phi) is 13.9. The van der Waals surface area contributed by atoms with Crippen molar-refractivity contribution in [2.45, 2.75) is 24.8 Å². The van der Waals surface area contributed by atoms with Crippen LogP contribution in [0, 0.1) is 0 Å². The zero-order chi connectivity index (χ0) is 28.5. The topological polar surface area (TPSA) is 167 Å². The van der Waals surface area contributed by atoms with Crippen LogP contribution in [0.25, 0.3) is 0 Å². The van der Waals surface area contributed by atoms with Crippen LogP contribution in [0.15, 0.2) is 75.9 Å². The highest BCUT2D eigenvalue weighted by Gasteiger charge is 2.44. The molecule has 0 spiro atoms. The predicted octanol–water partition coefficient (Wildman–Crippen LogP) is 1.47. The number of carbonyl (C=O) groups excluding carboxylic acids is 6. The minimum Gasteiger partial charge on any atom is -0.385 e. The van der Waals surface area contributed by atoms with E-state index in [0.29, 0.717) is 36.5 Å². The van der Waals surface area contributed by atoms with Crippen molar-refractivity contribution < 1.29 is 61.9 Å². The van der Waals surface area contributed by atoms with Gasteiger partial charge in [0.1, 0.15) is 0 Å². The molecule has 0 heterocycles. The van der Waals surface area contributed by atoms with Crippen LogP contribution in [-0.4, -0.2) is 61.0 Å². The fourth-order valence-corrected chi connectivity index (χ4v) is 2.10. The van der Waals surface area contributed by atoms with Crippen molar-refractivity contribution in [3.8, 4) is 0 Å². The predicted molar refractivity (Wildman–Crippen MR) is 123 cm³/mol. The zero-order valence-electron chi connectivity index (χ0n) is 19.8. The lowest BCUT2D eigenvalue weighted by Gasteiger charge is -2.31. The minimum atomic E-state index is -2.61. The van der Waals surface area contributed by atoms with Crippen molar-refractivity contribution in [1.29, 1.82) is 0 Å². The molecular formula is C24H26O13. The van der Waals surface area contributed by atoms with Gasteiger partial charge in [-0.25, -0.2) is 28.8 Å². The van der Waals surface area contributed by atoms with Gasteiger partial charge in [0.2, 0.25) is 0 Å². The van der Waals surface area contributed by atoms with Crippen molar-refractivity contribution in [2.24, 2.45) is 0 Å². The Balaban J connectivity index is 5.77. The van der Waals surface area contributed by atoms with E-state index in [-0.39, 0.29) is 0 Å². The molecule has 0 saturated heterocycles. The summed E-state index contributed by atoms with van der Waals surface area (Å²) < 4.78 is 34.9. The first-order valence-corrected chi connectivity index (χ1v) is 10.1. The van der Waals surface area contributed by atoms with Crippen molar-refractivity contribution in [3.05, 3.63) is 75.9 Å². The number of ether oxygens (including phenoxy) is 7. The highest BCUT2D eigenvalue weighted by atomic mass is 16.9. The van der Waals surface area contributed by atoms with Crippen LogP contribution in [0.3, 0.4) is 0 Å². The van der Waals surface area contributed by atoms with Crippen molar-refractivity contribution in [3.63, 3.8) is 0 Å². The third-order valence-corrected chi connectivity index (χ3v) is 3.64. The molecule has 13 heteroatoms. The van der Waals surface area contributed by atoms with E-state index in [9.17, 15) is 28.8 Å². The number of rotatable bonds is 18. The minimum absolute atomic E-state index is 0.463. The highest BCUT2D eigenvalue weighted by molar-refractivity contribution is 5.86. The fraction of sp³-hybridized carbons (Fsp3) is 0.250. The lowest BCUT2D eigenvalue weighted by Crippen LogP contribution is -2.45. The number of esters is 6. The summed E-state index contributed by atoms with van der Waals surface area (Å²) in [6.07, 6.45) is 3.08. The van der Waals surface area contributed by atoms with E-state index in [1.54, 1.807) is 0 Å². The average molecular weight is 522 g/mol. The van der Waals surface area contributed by atoms with Gasteiger partial charge in [0.15, 0.2) is 0 Å². The molecule has 37 heavy (non-hydrogen) atoms. The van der Waals surface area contributed by atoms with Gasteiger partial charge in [-0.15, -0.1) is 0 Å². The largest absolute Gasteiger partial charge is 0.426 e. The van der Waals surface area contributed by atoms with Gasteiger partial charge in [-0.1, -0.05) is 39.5 Å². The third-order valence-electron chi connectivity index (χ3n) is 3.64. The molecule has 0 unspecified atom stereocenters. The molecule has 0 rings (SSSR count).